The minimum Gasteiger partial charge on any atom is -0.497 e. The van der Waals surface area contributed by atoms with Crippen molar-refractivity contribution in [3.05, 3.63) is 75.4 Å². The van der Waals surface area contributed by atoms with E-state index in [1.165, 1.54) is 29.5 Å². The van der Waals surface area contributed by atoms with E-state index in [1.807, 2.05) is 24.3 Å². The number of aryl methyl sites for hydroxylation is 1. The van der Waals surface area contributed by atoms with E-state index in [9.17, 15) is 14.9 Å². The van der Waals surface area contributed by atoms with Gasteiger partial charge in [0.05, 0.1) is 17.7 Å². The largest absolute Gasteiger partial charge is 0.497 e. The van der Waals surface area contributed by atoms with Crippen LogP contribution in [0.3, 0.4) is 0 Å². The fraction of sp³-hybridized carbons (Fsp3) is 0.100. The van der Waals surface area contributed by atoms with Crippen LogP contribution < -0.4 is 10.1 Å². The lowest BCUT2D eigenvalue weighted by Gasteiger charge is -2.07. The molecule has 29 heavy (non-hydrogen) atoms. The van der Waals surface area contributed by atoms with Crippen molar-refractivity contribution in [1.29, 1.82) is 0 Å². The van der Waals surface area contributed by atoms with Gasteiger partial charge in [0.2, 0.25) is 0 Å². The van der Waals surface area contributed by atoms with Gasteiger partial charge in [-0.1, -0.05) is 12.1 Å². The third-order valence-corrected chi connectivity index (χ3v) is 5.32. The monoisotopic (exact) mass is 408 g/mol. The van der Waals surface area contributed by atoms with Crippen LogP contribution in [0.1, 0.15) is 16.1 Å². The van der Waals surface area contributed by atoms with Gasteiger partial charge < -0.3 is 10.1 Å². The number of nitrogens with one attached hydrogen (secondary N) is 1. The third-order valence-electron chi connectivity index (χ3n) is 4.48. The molecule has 0 saturated heterocycles. The number of nitro groups is 1. The van der Waals surface area contributed by atoms with Crippen LogP contribution in [0.15, 0.2) is 54.0 Å². The minimum atomic E-state index is -0.466. The van der Waals surface area contributed by atoms with E-state index in [0.717, 1.165) is 17.0 Å². The van der Waals surface area contributed by atoms with Gasteiger partial charge in [-0.05, 0) is 30.7 Å². The summed E-state index contributed by atoms with van der Waals surface area (Å²) >= 11 is 1.36. The number of fused-ring (bicyclic) bond motifs is 1. The van der Waals surface area contributed by atoms with Gasteiger partial charge >= 0.3 is 0 Å². The number of aromatic nitrogens is 2. The van der Waals surface area contributed by atoms with Gasteiger partial charge in [-0.15, -0.1) is 11.3 Å². The van der Waals surface area contributed by atoms with Crippen molar-refractivity contribution in [2.24, 2.45) is 0 Å². The Bertz CT molecular complexity index is 1240. The summed E-state index contributed by atoms with van der Waals surface area (Å²) < 4.78 is 6.99. The molecule has 4 aromatic rings. The Morgan fingerprint density at radius 2 is 2.10 bits per heavy atom. The number of nitro benzene ring substituents is 1. The number of carbonyl (C=O) groups excluding carboxylic acids is 1. The maximum atomic E-state index is 12.8. The number of carbonyl (C=O) groups is 1. The van der Waals surface area contributed by atoms with E-state index in [4.69, 9.17) is 4.74 Å². The number of hydrogen-bond acceptors (Lipinski definition) is 6. The van der Waals surface area contributed by atoms with E-state index >= 15 is 0 Å². The van der Waals surface area contributed by atoms with Crippen LogP contribution in [0.4, 0.5) is 11.4 Å². The molecule has 0 unspecified atom stereocenters. The number of imidazole rings is 1. The zero-order chi connectivity index (χ0) is 20.5. The number of benzene rings is 2. The highest BCUT2D eigenvalue weighted by Gasteiger charge is 2.17. The van der Waals surface area contributed by atoms with E-state index in [0.29, 0.717) is 21.9 Å². The molecule has 8 nitrogen and oxygen atoms in total. The molecular formula is C20H16N4O4S. The predicted molar refractivity (Wildman–Crippen MR) is 111 cm³/mol. The number of hydrogen-bond donors (Lipinski definition) is 1. The second kappa shape index (κ2) is 7.36. The maximum Gasteiger partial charge on any atom is 0.273 e. The molecule has 1 amide bonds. The fourth-order valence-corrected chi connectivity index (χ4v) is 3.81. The van der Waals surface area contributed by atoms with E-state index in [2.05, 4.69) is 10.3 Å². The second-order valence-electron chi connectivity index (χ2n) is 6.34. The number of nitrogens with zero attached hydrogens (tertiary/aromatic N) is 3. The SMILES string of the molecule is COc1cccc(-c2cn3c(C(=O)Nc4ccc([N+](=O)[O-])cc4C)csc3n2)c1. The molecule has 0 aliphatic heterocycles. The van der Waals surface area contributed by atoms with Crippen molar-refractivity contribution >= 4 is 33.6 Å². The van der Waals surface area contributed by atoms with Crippen molar-refractivity contribution in [3.63, 3.8) is 0 Å². The number of thiazole rings is 1. The molecule has 2 heterocycles. The Hall–Kier alpha value is -3.72. The highest BCUT2D eigenvalue weighted by molar-refractivity contribution is 7.15. The Morgan fingerprint density at radius 1 is 1.28 bits per heavy atom. The van der Waals surface area contributed by atoms with E-state index in [1.54, 1.807) is 30.0 Å². The lowest BCUT2D eigenvalue weighted by molar-refractivity contribution is -0.384. The number of amides is 1. The Morgan fingerprint density at radius 3 is 2.83 bits per heavy atom. The molecule has 2 aromatic heterocycles. The number of methoxy groups -OCH3 is 1. The van der Waals surface area contributed by atoms with Crippen molar-refractivity contribution in [2.45, 2.75) is 6.92 Å². The van der Waals surface area contributed by atoms with Crippen LogP contribution in [0, 0.1) is 17.0 Å². The molecule has 0 aliphatic rings. The predicted octanol–water partition coefficient (Wildman–Crippen LogP) is 4.54. The molecule has 1 N–H and O–H groups in total. The number of anilines is 1. The number of ether oxygens (including phenoxy) is 1. The summed E-state index contributed by atoms with van der Waals surface area (Å²) in [6, 6.07) is 11.9. The zero-order valence-electron chi connectivity index (χ0n) is 15.6. The van der Waals surface area contributed by atoms with Crippen LogP contribution in [0.5, 0.6) is 5.75 Å². The molecule has 0 fully saturated rings. The molecule has 0 radical (unpaired) electrons. The van der Waals surface area contributed by atoms with Crippen LogP contribution >= 0.6 is 11.3 Å². The van der Waals surface area contributed by atoms with E-state index in [-0.39, 0.29) is 11.6 Å². The van der Waals surface area contributed by atoms with Gasteiger partial charge in [-0.2, -0.15) is 0 Å². The topological polar surface area (TPSA) is 98.8 Å². The minimum absolute atomic E-state index is 0.0176. The van der Waals surface area contributed by atoms with Gasteiger partial charge in [-0.25, -0.2) is 4.98 Å². The molecule has 0 atom stereocenters. The first-order valence-electron chi connectivity index (χ1n) is 8.63. The molecule has 0 saturated carbocycles. The second-order valence-corrected chi connectivity index (χ2v) is 7.18. The van der Waals surface area contributed by atoms with E-state index < -0.39 is 4.92 Å². The molecule has 0 spiro atoms. The van der Waals surface area contributed by atoms with Gasteiger partial charge in [0.1, 0.15) is 11.4 Å². The van der Waals surface area contributed by atoms with Gasteiger partial charge in [0.15, 0.2) is 4.96 Å². The maximum absolute atomic E-state index is 12.8. The lowest BCUT2D eigenvalue weighted by Crippen LogP contribution is -2.14. The first-order valence-corrected chi connectivity index (χ1v) is 9.51. The molecule has 0 bridgehead atoms. The number of non-ortho nitro benzene ring substituents is 1. The first-order chi connectivity index (χ1) is 14.0. The smallest absolute Gasteiger partial charge is 0.273 e. The summed E-state index contributed by atoms with van der Waals surface area (Å²) in [5, 5.41) is 15.4. The van der Waals surface area contributed by atoms with Crippen molar-refractivity contribution in [2.75, 3.05) is 12.4 Å². The van der Waals surface area contributed by atoms with Gasteiger partial charge in [0, 0.05) is 35.0 Å². The standard InChI is InChI=1S/C20H16N4O4S/c1-12-8-14(24(26)27)6-7-16(12)21-19(25)18-11-29-20-22-17(10-23(18)20)13-4-3-5-15(9-13)28-2/h3-11H,1-2H3,(H,21,25). The Labute approximate surface area is 169 Å². The summed E-state index contributed by atoms with van der Waals surface area (Å²) in [7, 11) is 1.60. The molecule has 2 aromatic carbocycles. The van der Waals surface area contributed by atoms with Crippen molar-refractivity contribution in [3.8, 4) is 17.0 Å². The van der Waals surface area contributed by atoms with Gasteiger partial charge in [-0.3, -0.25) is 19.3 Å². The average Bonchev–Trinajstić information content (AvgIpc) is 3.30. The summed E-state index contributed by atoms with van der Waals surface area (Å²) in [4.78, 5) is 28.5. The highest BCUT2D eigenvalue weighted by atomic mass is 32.1. The summed E-state index contributed by atoms with van der Waals surface area (Å²) in [5.41, 5.74) is 3.17. The molecule has 146 valence electrons. The average molecular weight is 408 g/mol. The van der Waals surface area contributed by atoms with Crippen molar-refractivity contribution < 1.29 is 14.5 Å². The van der Waals surface area contributed by atoms with Crippen LogP contribution in [-0.2, 0) is 0 Å². The Kier molecular flexibility index (Phi) is 4.73. The Balaban J connectivity index is 1.63. The van der Waals surface area contributed by atoms with Crippen LogP contribution in [0.25, 0.3) is 16.2 Å². The highest BCUT2D eigenvalue weighted by Crippen LogP contribution is 2.27. The van der Waals surface area contributed by atoms with Gasteiger partial charge in [0.25, 0.3) is 11.6 Å². The van der Waals surface area contributed by atoms with Crippen molar-refractivity contribution in [1.82, 2.24) is 9.38 Å². The summed E-state index contributed by atoms with van der Waals surface area (Å²) in [6.07, 6.45) is 1.80. The summed E-state index contributed by atoms with van der Waals surface area (Å²) in [6.45, 7) is 1.71. The molecular weight excluding hydrogens is 392 g/mol. The van der Waals surface area contributed by atoms with Crippen LogP contribution in [0.2, 0.25) is 0 Å². The first kappa shape index (κ1) is 18.6. The third kappa shape index (κ3) is 3.55. The lowest BCUT2D eigenvalue weighted by atomic mass is 10.1. The quantitative estimate of drug-likeness (QED) is 0.386. The van der Waals surface area contributed by atoms with Crippen LogP contribution in [-0.4, -0.2) is 27.3 Å². The molecule has 0 aliphatic carbocycles. The zero-order valence-corrected chi connectivity index (χ0v) is 16.4. The molecule has 9 heteroatoms. The fourth-order valence-electron chi connectivity index (χ4n) is 2.96. The normalized spacial score (nSPS) is 10.8. The number of rotatable bonds is 5. The molecule has 4 rings (SSSR count). The summed E-state index contributed by atoms with van der Waals surface area (Å²) in [5.74, 6) is 0.410.